The molecule has 1 aliphatic heterocycles. The minimum absolute atomic E-state index is 0.254. The molecule has 1 aromatic heterocycles. The summed E-state index contributed by atoms with van der Waals surface area (Å²) in [6.45, 7) is 12.9. The lowest BCUT2D eigenvalue weighted by atomic mass is 9.79. The molecule has 1 aromatic rings. The standard InChI is InChI=1S/C12H21N3.C2H6/c1-5-12(3)8-13-7-6-10-11(12)9(2)15(4)14-10;1-2/h13H,5-8H2,1-4H3;1-2H3. The zero-order chi connectivity index (χ0) is 13.1. The molecule has 0 saturated carbocycles. The third-order valence-electron chi connectivity index (χ3n) is 3.84. The normalized spacial score (nSPS) is 23.4. The molecule has 3 nitrogen and oxygen atoms in total. The highest BCUT2D eigenvalue weighted by Crippen LogP contribution is 2.33. The molecule has 0 bridgehead atoms. The fourth-order valence-electron chi connectivity index (χ4n) is 2.60. The summed E-state index contributed by atoms with van der Waals surface area (Å²) in [5.74, 6) is 0. The van der Waals surface area contributed by atoms with Gasteiger partial charge >= 0.3 is 0 Å². The fraction of sp³-hybridized carbons (Fsp3) is 0.786. The van der Waals surface area contributed by atoms with Crippen LogP contribution < -0.4 is 5.32 Å². The SMILES string of the molecule is CC.CCC1(C)CNCCc2nn(C)c(C)c21. The first-order valence-electron chi connectivity index (χ1n) is 6.82. The summed E-state index contributed by atoms with van der Waals surface area (Å²) in [5, 5.41) is 8.15. The maximum absolute atomic E-state index is 4.63. The van der Waals surface area contributed by atoms with Gasteiger partial charge in [-0.15, -0.1) is 0 Å². The van der Waals surface area contributed by atoms with Crippen LogP contribution in [0.3, 0.4) is 0 Å². The van der Waals surface area contributed by atoms with E-state index in [0.717, 1.165) is 19.5 Å². The number of aryl methyl sites for hydroxylation is 1. The van der Waals surface area contributed by atoms with Crippen molar-refractivity contribution in [1.82, 2.24) is 15.1 Å². The molecule has 2 rings (SSSR count). The fourth-order valence-corrected chi connectivity index (χ4v) is 2.60. The second-order valence-electron chi connectivity index (χ2n) is 4.87. The van der Waals surface area contributed by atoms with E-state index in [4.69, 9.17) is 0 Å². The maximum atomic E-state index is 4.63. The molecule has 3 heteroatoms. The van der Waals surface area contributed by atoms with Crippen molar-refractivity contribution in [2.45, 2.75) is 52.9 Å². The van der Waals surface area contributed by atoms with Crippen LogP contribution in [0.15, 0.2) is 0 Å². The van der Waals surface area contributed by atoms with E-state index < -0.39 is 0 Å². The monoisotopic (exact) mass is 237 g/mol. The summed E-state index contributed by atoms with van der Waals surface area (Å²) in [6.07, 6.45) is 2.23. The van der Waals surface area contributed by atoms with E-state index in [2.05, 4.69) is 31.2 Å². The predicted molar refractivity (Wildman–Crippen MR) is 73.5 cm³/mol. The van der Waals surface area contributed by atoms with E-state index in [0.29, 0.717) is 0 Å². The quantitative estimate of drug-likeness (QED) is 0.813. The highest BCUT2D eigenvalue weighted by atomic mass is 15.3. The Morgan fingerprint density at radius 3 is 2.65 bits per heavy atom. The van der Waals surface area contributed by atoms with Crippen LogP contribution in [0.25, 0.3) is 0 Å². The van der Waals surface area contributed by atoms with Crippen molar-refractivity contribution in [3.8, 4) is 0 Å². The Morgan fingerprint density at radius 2 is 2.06 bits per heavy atom. The van der Waals surface area contributed by atoms with Gasteiger partial charge in [-0.3, -0.25) is 4.68 Å². The Hall–Kier alpha value is -0.830. The van der Waals surface area contributed by atoms with Crippen LogP contribution in [0.1, 0.15) is 51.1 Å². The lowest BCUT2D eigenvalue weighted by molar-refractivity contribution is 0.427. The lowest BCUT2D eigenvalue weighted by Gasteiger charge is -2.27. The summed E-state index contributed by atoms with van der Waals surface area (Å²) in [5.41, 5.74) is 4.37. The van der Waals surface area contributed by atoms with Crippen LogP contribution in [0.5, 0.6) is 0 Å². The van der Waals surface area contributed by atoms with E-state index in [1.165, 1.54) is 23.4 Å². The van der Waals surface area contributed by atoms with Gasteiger partial charge in [0.2, 0.25) is 0 Å². The first-order chi connectivity index (χ1) is 8.08. The molecule has 0 amide bonds. The Kier molecular flexibility index (Phi) is 4.75. The number of hydrogen-bond acceptors (Lipinski definition) is 2. The molecular formula is C14H27N3. The average Bonchev–Trinajstić information content (AvgIpc) is 2.53. The summed E-state index contributed by atoms with van der Waals surface area (Å²) < 4.78 is 2.03. The molecule has 1 atom stereocenters. The summed E-state index contributed by atoms with van der Waals surface area (Å²) in [4.78, 5) is 0. The van der Waals surface area contributed by atoms with Crippen molar-refractivity contribution in [2.24, 2.45) is 7.05 Å². The predicted octanol–water partition coefficient (Wildman–Crippen LogP) is 2.57. The van der Waals surface area contributed by atoms with Gasteiger partial charge < -0.3 is 5.32 Å². The number of nitrogens with one attached hydrogen (secondary N) is 1. The Bertz CT molecular complexity index is 368. The topological polar surface area (TPSA) is 29.9 Å². The molecule has 17 heavy (non-hydrogen) atoms. The Morgan fingerprint density at radius 1 is 1.41 bits per heavy atom. The zero-order valence-corrected chi connectivity index (χ0v) is 12.2. The summed E-state index contributed by atoms with van der Waals surface area (Å²) in [7, 11) is 2.05. The largest absolute Gasteiger partial charge is 0.315 e. The number of nitrogens with zero attached hydrogens (tertiary/aromatic N) is 2. The van der Waals surface area contributed by atoms with Crippen LogP contribution in [-0.4, -0.2) is 22.9 Å². The third kappa shape index (κ3) is 2.54. The molecule has 2 heterocycles. The van der Waals surface area contributed by atoms with Gasteiger partial charge in [0.1, 0.15) is 0 Å². The first kappa shape index (κ1) is 14.2. The number of hydrogen-bond donors (Lipinski definition) is 1. The van der Waals surface area contributed by atoms with Crippen LogP contribution in [0.2, 0.25) is 0 Å². The van der Waals surface area contributed by atoms with E-state index in [-0.39, 0.29) is 5.41 Å². The van der Waals surface area contributed by atoms with Crippen LogP contribution in [-0.2, 0) is 18.9 Å². The van der Waals surface area contributed by atoms with Crippen LogP contribution in [0.4, 0.5) is 0 Å². The van der Waals surface area contributed by atoms with Gasteiger partial charge in [-0.2, -0.15) is 5.10 Å². The molecule has 0 fully saturated rings. The zero-order valence-electron chi connectivity index (χ0n) is 12.2. The summed E-state index contributed by atoms with van der Waals surface area (Å²) in [6, 6.07) is 0. The highest BCUT2D eigenvalue weighted by molar-refractivity contribution is 5.35. The molecular weight excluding hydrogens is 210 g/mol. The van der Waals surface area contributed by atoms with E-state index >= 15 is 0 Å². The van der Waals surface area contributed by atoms with Crippen molar-refractivity contribution >= 4 is 0 Å². The number of aromatic nitrogens is 2. The average molecular weight is 237 g/mol. The van der Waals surface area contributed by atoms with Gasteiger partial charge in [-0.05, 0) is 13.3 Å². The maximum Gasteiger partial charge on any atom is 0.0677 e. The molecule has 0 aromatic carbocycles. The molecule has 0 spiro atoms. The summed E-state index contributed by atoms with van der Waals surface area (Å²) >= 11 is 0. The van der Waals surface area contributed by atoms with E-state index in [1.54, 1.807) is 0 Å². The van der Waals surface area contributed by atoms with Crippen LogP contribution in [0, 0.1) is 6.92 Å². The van der Waals surface area contributed by atoms with Crippen molar-refractivity contribution < 1.29 is 0 Å². The van der Waals surface area contributed by atoms with E-state index in [9.17, 15) is 0 Å². The second kappa shape index (κ2) is 5.67. The van der Waals surface area contributed by atoms with E-state index in [1.807, 2.05) is 25.6 Å². The molecule has 1 aliphatic rings. The number of fused-ring (bicyclic) bond motifs is 1. The van der Waals surface area contributed by atoms with Gasteiger partial charge in [0.25, 0.3) is 0 Å². The van der Waals surface area contributed by atoms with Crippen molar-refractivity contribution in [2.75, 3.05) is 13.1 Å². The number of rotatable bonds is 1. The van der Waals surface area contributed by atoms with Crippen molar-refractivity contribution in [3.05, 3.63) is 17.0 Å². The van der Waals surface area contributed by atoms with Crippen molar-refractivity contribution in [3.63, 3.8) is 0 Å². The highest BCUT2D eigenvalue weighted by Gasteiger charge is 2.33. The van der Waals surface area contributed by atoms with Gasteiger partial charge in [0.15, 0.2) is 0 Å². The molecule has 0 aliphatic carbocycles. The smallest absolute Gasteiger partial charge is 0.0677 e. The first-order valence-corrected chi connectivity index (χ1v) is 6.82. The molecule has 1 N–H and O–H groups in total. The molecule has 98 valence electrons. The minimum Gasteiger partial charge on any atom is -0.315 e. The van der Waals surface area contributed by atoms with Crippen molar-refractivity contribution in [1.29, 1.82) is 0 Å². The third-order valence-corrected chi connectivity index (χ3v) is 3.84. The molecule has 0 saturated heterocycles. The second-order valence-corrected chi connectivity index (χ2v) is 4.87. The Labute approximate surface area is 106 Å². The molecule has 1 unspecified atom stereocenters. The Balaban J connectivity index is 0.000000686. The van der Waals surface area contributed by atoms with Gasteiger partial charge in [-0.1, -0.05) is 27.7 Å². The van der Waals surface area contributed by atoms with Gasteiger partial charge in [-0.25, -0.2) is 0 Å². The lowest BCUT2D eigenvalue weighted by Crippen LogP contribution is -2.34. The van der Waals surface area contributed by atoms with Gasteiger partial charge in [0.05, 0.1) is 5.69 Å². The van der Waals surface area contributed by atoms with Crippen LogP contribution >= 0.6 is 0 Å². The minimum atomic E-state index is 0.254. The van der Waals surface area contributed by atoms with Gasteiger partial charge in [0, 0.05) is 43.2 Å². The molecule has 0 radical (unpaired) electrons.